The van der Waals surface area contributed by atoms with E-state index < -0.39 is 6.03 Å². The Labute approximate surface area is 103 Å². The molecule has 0 saturated heterocycles. The maximum Gasteiger partial charge on any atom is 0.330 e. The van der Waals surface area contributed by atoms with Crippen molar-refractivity contribution in [3.63, 3.8) is 0 Å². The number of anilines is 1. The van der Waals surface area contributed by atoms with Crippen molar-refractivity contribution < 1.29 is 4.79 Å². The molecule has 1 heterocycles. The van der Waals surface area contributed by atoms with E-state index in [9.17, 15) is 4.79 Å². The standard InChI is InChI=1S/C11H12N6O/c1-7-9(8-5-3-2-4-6-8)14-16-11(13-7)17-15-10(12)18/h2-6H,1H3,(H3,12,15,18)(H,13,16,17). The lowest BCUT2D eigenvalue weighted by atomic mass is 10.1. The van der Waals surface area contributed by atoms with Crippen LogP contribution in [0.1, 0.15) is 5.69 Å². The first kappa shape index (κ1) is 11.8. The van der Waals surface area contributed by atoms with Crippen LogP contribution in [0, 0.1) is 6.92 Å². The molecule has 4 N–H and O–H groups in total. The van der Waals surface area contributed by atoms with E-state index in [1.54, 1.807) is 0 Å². The first-order chi connectivity index (χ1) is 8.66. The third-order valence-corrected chi connectivity index (χ3v) is 2.21. The molecule has 7 heteroatoms. The predicted octanol–water partition coefficient (Wildman–Crippen LogP) is 0.842. The molecule has 2 rings (SSSR count). The minimum atomic E-state index is -0.719. The molecule has 2 aromatic rings. The highest BCUT2D eigenvalue weighted by Gasteiger charge is 2.07. The Morgan fingerprint density at radius 3 is 2.56 bits per heavy atom. The number of carbonyl (C=O) groups excluding carboxylic acids is 1. The molecule has 7 nitrogen and oxygen atoms in total. The molecule has 0 saturated carbocycles. The van der Waals surface area contributed by atoms with Gasteiger partial charge in [-0.3, -0.25) is 5.43 Å². The fraction of sp³-hybridized carbons (Fsp3) is 0.0909. The molecule has 1 aromatic carbocycles. The number of benzene rings is 1. The number of hydrogen-bond donors (Lipinski definition) is 3. The van der Waals surface area contributed by atoms with Crippen LogP contribution in [0.3, 0.4) is 0 Å². The van der Waals surface area contributed by atoms with Gasteiger partial charge in [0.05, 0.1) is 5.69 Å². The summed E-state index contributed by atoms with van der Waals surface area (Å²) in [5.41, 5.74) is 11.9. The summed E-state index contributed by atoms with van der Waals surface area (Å²) in [4.78, 5) is 14.7. The molecule has 0 aliphatic rings. The van der Waals surface area contributed by atoms with E-state index in [4.69, 9.17) is 5.73 Å². The maximum absolute atomic E-state index is 10.5. The van der Waals surface area contributed by atoms with Crippen molar-refractivity contribution in [3.05, 3.63) is 36.0 Å². The molecule has 1 aromatic heterocycles. The molecular formula is C11H12N6O. The monoisotopic (exact) mass is 244 g/mol. The van der Waals surface area contributed by atoms with Crippen LogP contribution in [0.25, 0.3) is 11.3 Å². The van der Waals surface area contributed by atoms with Crippen LogP contribution in [0.15, 0.2) is 30.3 Å². The Morgan fingerprint density at radius 1 is 1.22 bits per heavy atom. The number of urea groups is 1. The van der Waals surface area contributed by atoms with Gasteiger partial charge in [-0.2, -0.15) is 0 Å². The summed E-state index contributed by atoms with van der Waals surface area (Å²) in [6.07, 6.45) is 0. The Morgan fingerprint density at radius 2 is 1.94 bits per heavy atom. The number of nitrogens with two attached hydrogens (primary N) is 1. The number of aromatic nitrogens is 3. The lowest BCUT2D eigenvalue weighted by molar-refractivity contribution is 0.250. The van der Waals surface area contributed by atoms with E-state index in [2.05, 4.69) is 26.0 Å². The minimum Gasteiger partial charge on any atom is -0.350 e. The van der Waals surface area contributed by atoms with Crippen LogP contribution in [-0.4, -0.2) is 21.2 Å². The number of primary amides is 1. The second-order valence-corrected chi connectivity index (χ2v) is 3.55. The Bertz CT molecular complexity index is 557. The summed E-state index contributed by atoms with van der Waals surface area (Å²) in [7, 11) is 0. The van der Waals surface area contributed by atoms with Gasteiger partial charge in [-0.15, -0.1) is 10.2 Å². The van der Waals surface area contributed by atoms with Gasteiger partial charge >= 0.3 is 6.03 Å². The van der Waals surface area contributed by atoms with Crippen LogP contribution >= 0.6 is 0 Å². The lowest BCUT2D eigenvalue weighted by Gasteiger charge is -2.07. The first-order valence-corrected chi connectivity index (χ1v) is 5.25. The Hall–Kier alpha value is -2.70. The summed E-state index contributed by atoms with van der Waals surface area (Å²) < 4.78 is 0. The van der Waals surface area contributed by atoms with Crippen molar-refractivity contribution >= 4 is 12.0 Å². The smallest absolute Gasteiger partial charge is 0.330 e. The van der Waals surface area contributed by atoms with E-state index in [-0.39, 0.29) is 5.95 Å². The van der Waals surface area contributed by atoms with Gasteiger partial charge in [0.25, 0.3) is 5.95 Å². The molecule has 0 aliphatic heterocycles. The Kier molecular flexibility index (Phi) is 3.33. The zero-order chi connectivity index (χ0) is 13.0. The molecule has 0 atom stereocenters. The van der Waals surface area contributed by atoms with Gasteiger partial charge in [0, 0.05) is 5.56 Å². The van der Waals surface area contributed by atoms with Gasteiger partial charge in [-0.05, 0) is 6.92 Å². The van der Waals surface area contributed by atoms with Crippen molar-refractivity contribution in [2.24, 2.45) is 5.73 Å². The van der Waals surface area contributed by atoms with E-state index in [0.29, 0.717) is 11.4 Å². The van der Waals surface area contributed by atoms with E-state index >= 15 is 0 Å². The highest BCUT2D eigenvalue weighted by atomic mass is 16.2. The molecule has 0 radical (unpaired) electrons. The zero-order valence-corrected chi connectivity index (χ0v) is 9.71. The van der Waals surface area contributed by atoms with Crippen molar-refractivity contribution in [1.29, 1.82) is 0 Å². The second kappa shape index (κ2) is 5.09. The minimum absolute atomic E-state index is 0.186. The summed E-state index contributed by atoms with van der Waals surface area (Å²) in [6, 6.07) is 8.88. The number of amides is 2. The summed E-state index contributed by atoms with van der Waals surface area (Å²) in [6.45, 7) is 1.81. The second-order valence-electron chi connectivity index (χ2n) is 3.55. The van der Waals surface area contributed by atoms with Crippen LogP contribution in [0.2, 0.25) is 0 Å². The molecule has 0 aliphatic carbocycles. The molecule has 92 valence electrons. The maximum atomic E-state index is 10.5. The number of hydrogen-bond acceptors (Lipinski definition) is 5. The van der Waals surface area contributed by atoms with Gasteiger partial charge in [0.15, 0.2) is 0 Å². The van der Waals surface area contributed by atoms with Crippen molar-refractivity contribution in [3.8, 4) is 11.3 Å². The van der Waals surface area contributed by atoms with Crippen molar-refractivity contribution in [2.45, 2.75) is 6.92 Å². The zero-order valence-electron chi connectivity index (χ0n) is 9.71. The summed E-state index contributed by atoms with van der Waals surface area (Å²) in [5, 5.41) is 7.90. The molecule has 0 fully saturated rings. The molecule has 2 amide bonds. The highest BCUT2D eigenvalue weighted by Crippen LogP contribution is 2.18. The molecule has 0 spiro atoms. The van der Waals surface area contributed by atoms with Gasteiger partial charge in [-0.1, -0.05) is 30.3 Å². The third-order valence-electron chi connectivity index (χ3n) is 2.21. The Balaban J connectivity index is 2.23. The van der Waals surface area contributed by atoms with Crippen molar-refractivity contribution in [1.82, 2.24) is 20.6 Å². The van der Waals surface area contributed by atoms with Gasteiger partial charge < -0.3 is 5.73 Å². The van der Waals surface area contributed by atoms with Gasteiger partial charge in [-0.25, -0.2) is 15.2 Å². The molecule has 18 heavy (non-hydrogen) atoms. The number of nitrogens with zero attached hydrogens (tertiary/aromatic N) is 3. The molecular weight excluding hydrogens is 232 g/mol. The number of rotatable bonds is 3. The van der Waals surface area contributed by atoms with E-state index in [1.165, 1.54) is 0 Å². The van der Waals surface area contributed by atoms with Crippen LogP contribution in [-0.2, 0) is 0 Å². The van der Waals surface area contributed by atoms with Gasteiger partial charge in [0.2, 0.25) is 0 Å². The van der Waals surface area contributed by atoms with Crippen LogP contribution < -0.4 is 16.6 Å². The van der Waals surface area contributed by atoms with Gasteiger partial charge in [0.1, 0.15) is 5.69 Å². The van der Waals surface area contributed by atoms with E-state index in [0.717, 1.165) is 5.56 Å². The van der Waals surface area contributed by atoms with Crippen LogP contribution in [0.5, 0.6) is 0 Å². The number of aryl methyl sites for hydroxylation is 1. The fourth-order valence-electron chi connectivity index (χ4n) is 1.44. The lowest BCUT2D eigenvalue weighted by Crippen LogP contribution is -2.35. The summed E-state index contributed by atoms with van der Waals surface area (Å²) in [5.74, 6) is 0.186. The number of carbonyl (C=O) groups is 1. The molecule has 0 unspecified atom stereocenters. The first-order valence-electron chi connectivity index (χ1n) is 5.25. The van der Waals surface area contributed by atoms with Crippen LogP contribution in [0.4, 0.5) is 10.7 Å². The quantitative estimate of drug-likeness (QED) is 0.694. The third kappa shape index (κ3) is 2.70. The molecule has 0 bridgehead atoms. The average Bonchev–Trinajstić information content (AvgIpc) is 2.37. The fourth-order valence-corrected chi connectivity index (χ4v) is 1.44. The SMILES string of the molecule is Cc1nc(NNC(N)=O)nnc1-c1ccccc1. The summed E-state index contributed by atoms with van der Waals surface area (Å²) >= 11 is 0. The number of hydrazine groups is 1. The number of nitrogens with one attached hydrogen (secondary N) is 2. The highest BCUT2D eigenvalue weighted by molar-refractivity contribution is 5.72. The topological polar surface area (TPSA) is 106 Å². The van der Waals surface area contributed by atoms with Crippen molar-refractivity contribution in [2.75, 3.05) is 5.43 Å². The van der Waals surface area contributed by atoms with E-state index in [1.807, 2.05) is 37.3 Å². The predicted molar refractivity (Wildman–Crippen MR) is 66.3 cm³/mol. The average molecular weight is 244 g/mol. The normalized spacial score (nSPS) is 9.83. The largest absolute Gasteiger partial charge is 0.350 e.